The van der Waals surface area contributed by atoms with Crippen LogP contribution in [0.3, 0.4) is 0 Å². The second kappa shape index (κ2) is 4.07. The van der Waals surface area contributed by atoms with Gasteiger partial charge in [0.2, 0.25) is 0 Å². The zero-order chi connectivity index (χ0) is 11.0. The molecule has 0 amide bonds. The van der Waals surface area contributed by atoms with Crippen LogP contribution in [-0.2, 0) is 0 Å². The first kappa shape index (κ1) is 10.1. The van der Waals surface area contributed by atoms with E-state index < -0.39 is 0 Å². The van der Waals surface area contributed by atoms with Crippen LogP contribution in [0.1, 0.15) is 24.5 Å². The van der Waals surface area contributed by atoms with Crippen molar-refractivity contribution in [3.8, 4) is 0 Å². The Labute approximate surface area is 99.4 Å². The number of imidazole rings is 1. The van der Waals surface area contributed by atoms with E-state index in [2.05, 4.69) is 14.7 Å². The van der Waals surface area contributed by atoms with Crippen LogP contribution in [-0.4, -0.2) is 22.5 Å². The van der Waals surface area contributed by atoms with Crippen molar-refractivity contribution < 1.29 is 0 Å². The number of hydrogen-bond acceptors (Lipinski definition) is 2. The van der Waals surface area contributed by atoms with E-state index in [1.165, 1.54) is 5.69 Å². The Morgan fingerprint density at radius 1 is 1.31 bits per heavy atom. The highest BCUT2D eigenvalue weighted by atomic mass is 35.5. The second-order valence-corrected chi connectivity index (χ2v) is 4.60. The van der Waals surface area contributed by atoms with Gasteiger partial charge in [-0.3, -0.25) is 0 Å². The number of halogens is 1. The molecule has 84 valence electrons. The molecule has 0 aromatic carbocycles. The number of nitrogens with zero attached hydrogens (tertiary/aromatic N) is 2. The number of aromatic nitrogens is 2. The van der Waals surface area contributed by atoms with E-state index in [-0.39, 0.29) is 0 Å². The van der Waals surface area contributed by atoms with Gasteiger partial charge in [-0.1, -0.05) is 17.7 Å². The maximum Gasteiger partial charge on any atom is 0.151 e. The monoisotopic (exact) mass is 235 g/mol. The minimum Gasteiger partial charge on any atom is -0.317 e. The Hall–Kier alpha value is -1.06. The summed E-state index contributed by atoms with van der Waals surface area (Å²) in [6.07, 6.45) is 4.33. The van der Waals surface area contributed by atoms with Crippen LogP contribution in [0.15, 0.2) is 24.4 Å². The molecule has 1 fully saturated rings. The molecule has 2 aromatic rings. The van der Waals surface area contributed by atoms with Crippen LogP contribution in [0, 0.1) is 0 Å². The predicted molar refractivity (Wildman–Crippen MR) is 65.0 cm³/mol. The Bertz CT molecular complexity index is 500. The molecule has 1 N–H and O–H groups in total. The third-order valence-electron chi connectivity index (χ3n) is 3.25. The summed E-state index contributed by atoms with van der Waals surface area (Å²) in [5.41, 5.74) is 2.12. The molecule has 0 bridgehead atoms. The molecule has 1 aliphatic heterocycles. The fourth-order valence-electron chi connectivity index (χ4n) is 2.45. The molecule has 3 heterocycles. The highest BCUT2D eigenvalue weighted by Crippen LogP contribution is 2.31. The number of fused-ring (bicyclic) bond motifs is 1. The maximum absolute atomic E-state index is 6.25. The quantitative estimate of drug-likeness (QED) is 0.823. The molecule has 16 heavy (non-hydrogen) atoms. The molecular weight excluding hydrogens is 222 g/mol. The average molecular weight is 236 g/mol. The Balaban J connectivity index is 2.10. The second-order valence-electron chi connectivity index (χ2n) is 4.24. The van der Waals surface area contributed by atoms with Gasteiger partial charge < -0.3 is 9.72 Å². The van der Waals surface area contributed by atoms with Crippen LogP contribution in [0.5, 0.6) is 0 Å². The third-order valence-corrected chi connectivity index (χ3v) is 3.53. The SMILES string of the molecule is Clc1nc2ccccn2c1C1CCNCC1. The van der Waals surface area contributed by atoms with E-state index in [1.54, 1.807) is 0 Å². The molecule has 0 radical (unpaired) electrons. The van der Waals surface area contributed by atoms with Gasteiger partial charge in [0.1, 0.15) is 5.65 Å². The van der Waals surface area contributed by atoms with Gasteiger partial charge in [0.15, 0.2) is 5.15 Å². The minimum absolute atomic E-state index is 0.533. The first-order valence-electron chi connectivity index (χ1n) is 5.69. The lowest BCUT2D eigenvalue weighted by atomic mass is 9.95. The molecule has 0 saturated carbocycles. The van der Waals surface area contributed by atoms with Crippen LogP contribution >= 0.6 is 11.6 Å². The molecule has 1 saturated heterocycles. The van der Waals surface area contributed by atoms with Crippen LogP contribution in [0.2, 0.25) is 5.15 Å². The lowest BCUT2D eigenvalue weighted by molar-refractivity contribution is 0.451. The molecule has 1 aliphatic rings. The van der Waals surface area contributed by atoms with Gasteiger partial charge in [0, 0.05) is 12.1 Å². The van der Waals surface area contributed by atoms with Crippen LogP contribution in [0.25, 0.3) is 5.65 Å². The van der Waals surface area contributed by atoms with Crippen LogP contribution < -0.4 is 5.32 Å². The number of pyridine rings is 1. The fourth-order valence-corrected chi connectivity index (χ4v) is 2.78. The Kier molecular flexibility index (Phi) is 2.58. The largest absolute Gasteiger partial charge is 0.317 e. The van der Waals surface area contributed by atoms with Gasteiger partial charge >= 0.3 is 0 Å². The average Bonchev–Trinajstić information content (AvgIpc) is 2.66. The summed E-state index contributed by atoms with van der Waals surface area (Å²) in [6.45, 7) is 2.14. The van der Waals surface area contributed by atoms with Gasteiger partial charge in [-0.2, -0.15) is 0 Å². The van der Waals surface area contributed by atoms with Crippen LogP contribution in [0.4, 0.5) is 0 Å². The summed E-state index contributed by atoms with van der Waals surface area (Å²) < 4.78 is 2.12. The zero-order valence-corrected chi connectivity index (χ0v) is 9.74. The molecular formula is C12H14ClN3. The van der Waals surface area contributed by atoms with Gasteiger partial charge in [-0.15, -0.1) is 0 Å². The molecule has 0 spiro atoms. The zero-order valence-electron chi connectivity index (χ0n) is 8.99. The highest BCUT2D eigenvalue weighted by molar-refractivity contribution is 6.30. The Morgan fingerprint density at radius 2 is 2.12 bits per heavy atom. The smallest absolute Gasteiger partial charge is 0.151 e. The van der Waals surface area contributed by atoms with E-state index in [0.717, 1.165) is 31.6 Å². The summed E-state index contributed by atoms with van der Waals surface area (Å²) in [5.74, 6) is 0.533. The number of piperidine rings is 1. The van der Waals surface area contributed by atoms with E-state index in [0.29, 0.717) is 11.1 Å². The minimum atomic E-state index is 0.533. The van der Waals surface area contributed by atoms with Gasteiger partial charge in [-0.05, 0) is 38.1 Å². The predicted octanol–water partition coefficient (Wildman–Crippen LogP) is 2.45. The van der Waals surface area contributed by atoms with Gasteiger partial charge in [0.25, 0.3) is 0 Å². The van der Waals surface area contributed by atoms with Crippen molar-refractivity contribution in [2.75, 3.05) is 13.1 Å². The lowest BCUT2D eigenvalue weighted by Crippen LogP contribution is -2.27. The molecule has 0 unspecified atom stereocenters. The van der Waals surface area contributed by atoms with Crippen molar-refractivity contribution in [2.24, 2.45) is 0 Å². The summed E-state index contributed by atoms with van der Waals surface area (Å²) in [5, 5.41) is 4.04. The molecule has 0 atom stereocenters. The van der Waals surface area contributed by atoms with Crippen molar-refractivity contribution in [3.63, 3.8) is 0 Å². The third kappa shape index (κ3) is 1.60. The maximum atomic E-state index is 6.25. The normalized spacial score (nSPS) is 18.1. The lowest BCUT2D eigenvalue weighted by Gasteiger charge is -2.22. The van der Waals surface area contributed by atoms with E-state index in [1.807, 2.05) is 24.4 Å². The summed E-state index contributed by atoms with van der Waals surface area (Å²) in [6, 6.07) is 6.01. The topological polar surface area (TPSA) is 29.3 Å². The van der Waals surface area contributed by atoms with Crippen molar-refractivity contribution in [2.45, 2.75) is 18.8 Å². The van der Waals surface area contributed by atoms with E-state index >= 15 is 0 Å². The van der Waals surface area contributed by atoms with Crippen molar-refractivity contribution in [1.29, 1.82) is 0 Å². The Morgan fingerprint density at radius 3 is 2.94 bits per heavy atom. The van der Waals surface area contributed by atoms with Crippen molar-refractivity contribution in [3.05, 3.63) is 35.2 Å². The molecule has 3 nitrogen and oxygen atoms in total. The van der Waals surface area contributed by atoms with Crippen molar-refractivity contribution in [1.82, 2.24) is 14.7 Å². The van der Waals surface area contributed by atoms with E-state index in [9.17, 15) is 0 Å². The number of rotatable bonds is 1. The van der Waals surface area contributed by atoms with Gasteiger partial charge in [-0.25, -0.2) is 4.98 Å². The summed E-state index contributed by atoms with van der Waals surface area (Å²) >= 11 is 6.25. The molecule has 2 aromatic heterocycles. The first-order chi connectivity index (χ1) is 7.86. The summed E-state index contributed by atoms with van der Waals surface area (Å²) in [4.78, 5) is 4.40. The molecule has 3 rings (SSSR count). The van der Waals surface area contributed by atoms with Gasteiger partial charge in [0.05, 0.1) is 5.69 Å². The molecule has 4 heteroatoms. The number of nitrogens with one attached hydrogen (secondary N) is 1. The highest BCUT2D eigenvalue weighted by Gasteiger charge is 2.22. The van der Waals surface area contributed by atoms with Crippen molar-refractivity contribution >= 4 is 17.2 Å². The first-order valence-corrected chi connectivity index (χ1v) is 6.07. The van der Waals surface area contributed by atoms with E-state index in [4.69, 9.17) is 11.6 Å². The summed E-state index contributed by atoms with van der Waals surface area (Å²) in [7, 11) is 0. The molecule has 0 aliphatic carbocycles. The fraction of sp³-hybridized carbons (Fsp3) is 0.417. The number of hydrogen-bond donors (Lipinski definition) is 1. The standard InChI is InChI=1S/C12H14ClN3/c13-12-11(9-4-6-14-7-5-9)16-8-2-1-3-10(16)15-12/h1-3,8-9,14H,4-7H2.